The van der Waals surface area contributed by atoms with E-state index in [0.717, 1.165) is 17.4 Å². The molecule has 0 amide bonds. The third kappa shape index (κ3) is 5.84. The van der Waals surface area contributed by atoms with Crippen molar-refractivity contribution in [2.24, 2.45) is 0 Å². The highest BCUT2D eigenvalue weighted by molar-refractivity contribution is 8.13. The van der Waals surface area contributed by atoms with Gasteiger partial charge >= 0.3 is 5.97 Å². The quantitative estimate of drug-likeness (QED) is 0.549. The molecule has 1 aromatic heterocycles. The molecule has 0 radical (unpaired) electrons. The molecule has 1 aliphatic heterocycles. The van der Waals surface area contributed by atoms with Crippen LogP contribution in [0.1, 0.15) is 23.0 Å². The van der Waals surface area contributed by atoms with E-state index in [-0.39, 0.29) is 5.12 Å². The average molecular weight is 513 g/mol. The van der Waals surface area contributed by atoms with Crippen LogP contribution in [-0.4, -0.2) is 67.2 Å². The third-order valence-corrected chi connectivity index (χ3v) is 6.44. The molecule has 33 heavy (non-hydrogen) atoms. The second kappa shape index (κ2) is 11.3. The Morgan fingerprint density at radius 2 is 1.88 bits per heavy atom. The fourth-order valence-electron chi connectivity index (χ4n) is 3.69. The van der Waals surface area contributed by atoms with Crippen LogP contribution in [-0.2, 0) is 16.0 Å². The highest BCUT2D eigenvalue weighted by Gasteiger charge is 2.33. The molecule has 3 rings (SSSR count). The molecule has 2 aromatic rings. The average Bonchev–Trinajstić information content (AvgIpc) is 2.82. The number of methoxy groups -OCH3 is 2. The smallest absolute Gasteiger partial charge is 0.339 e. The number of esters is 1. The molecule has 0 saturated carbocycles. The number of carbonyl (C=O) groups is 2. The van der Waals surface area contributed by atoms with E-state index in [1.807, 2.05) is 24.1 Å². The molecule has 1 atom stereocenters. The maximum Gasteiger partial charge on any atom is 0.339 e. The van der Waals surface area contributed by atoms with Gasteiger partial charge in [0, 0.05) is 35.4 Å². The van der Waals surface area contributed by atoms with Crippen LogP contribution in [0.2, 0.25) is 10.0 Å². The molecule has 1 saturated heterocycles. The molecule has 2 heterocycles. The van der Waals surface area contributed by atoms with E-state index in [1.165, 1.54) is 14.2 Å². The normalized spacial score (nSPS) is 16.4. The van der Waals surface area contributed by atoms with Gasteiger partial charge in [-0.25, -0.2) is 14.8 Å². The predicted molar refractivity (Wildman–Crippen MR) is 133 cm³/mol. The van der Waals surface area contributed by atoms with Gasteiger partial charge in [-0.1, -0.05) is 41.9 Å². The molecule has 1 unspecified atom stereocenters. The maximum absolute atomic E-state index is 12.8. The fraction of sp³-hybridized carbons (Fsp3) is 0.409. The van der Waals surface area contributed by atoms with Crippen LogP contribution in [0, 0.1) is 0 Å². The first-order valence-electron chi connectivity index (χ1n) is 10.3. The molecule has 11 heteroatoms. The molecule has 1 aromatic carbocycles. The molecule has 1 N–H and O–H groups in total. The van der Waals surface area contributed by atoms with E-state index in [0.29, 0.717) is 58.9 Å². The predicted octanol–water partition coefficient (Wildman–Crippen LogP) is 4.15. The van der Waals surface area contributed by atoms with E-state index in [4.69, 9.17) is 32.7 Å². The Morgan fingerprint density at radius 3 is 2.45 bits per heavy atom. The summed E-state index contributed by atoms with van der Waals surface area (Å²) in [5, 5.41) is 2.90. The number of piperazine rings is 1. The van der Waals surface area contributed by atoms with Crippen LogP contribution in [0.3, 0.4) is 0 Å². The van der Waals surface area contributed by atoms with Gasteiger partial charge in [0.1, 0.15) is 11.7 Å². The Labute approximate surface area is 207 Å². The van der Waals surface area contributed by atoms with Gasteiger partial charge in [0.25, 0.3) is 0 Å². The van der Waals surface area contributed by atoms with E-state index in [9.17, 15) is 9.59 Å². The molecule has 0 bridgehead atoms. The molecule has 0 aliphatic carbocycles. The summed E-state index contributed by atoms with van der Waals surface area (Å²) in [6.45, 7) is 3.45. The standard InChI is InChI=1S/C22H26Cl2N4O4S/c1-5-17-16(21(29)32-3)11-18(20(25-17)31-2)26-28-7-6-27(12-19(28)22(30)33-4)15-9-13(23)8-14(24)10-15/h8-11,19,26H,5-7,12H2,1-4H3. The molecular formula is C22H26Cl2N4O4S. The van der Waals surface area contributed by atoms with Crippen molar-refractivity contribution in [2.45, 2.75) is 19.4 Å². The third-order valence-electron chi connectivity index (χ3n) is 5.33. The van der Waals surface area contributed by atoms with Crippen LogP contribution >= 0.6 is 35.0 Å². The second-order valence-electron chi connectivity index (χ2n) is 7.30. The number of hydrazine groups is 1. The lowest BCUT2D eigenvalue weighted by Gasteiger charge is -2.41. The highest BCUT2D eigenvalue weighted by Crippen LogP contribution is 2.31. The van der Waals surface area contributed by atoms with Crippen LogP contribution in [0.4, 0.5) is 11.4 Å². The zero-order chi connectivity index (χ0) is 24.1. The van der Waals surface area contributed by atoms with Gasteiger partial charge in [0.15, 0.2) is 0 Å². The number of nitrogens with one attached hydrogen (secondary N) is 1. The Bertz CT molecular complexity index is 1020. The number of ether oxygens (including phenoxy) is 2. The number of pyridine rings is 1. The van der Waals surface area contributed by atoms with Crippen LogP contribution in [0.15, 0.2) is 24.3 Å². The Hall–Kier alpha value is -2.20. The van der Waals surface area contributed by atoms with Crippen molar-refractivity contribution in [3.63, 3.8) is 0 Å². The number of aromatic nitrogens is 1. The minimum absolute atomic E-state index is 0.00868. The Morgan fingerprint density at radius 1 is 1.18 bits per heavy atom. The number of nitrogens with zero attached hydrogens (tertiary/aromatic N) is 3. The van der Waals surface area contributed by atoms with E-state index < -0.39 is 12.0 Å². The van der Waals surface area contributed by atoms with Crippen molar-refractivity contribution in [2.75, 3.05) is 50.4 Å². The number of hydrogen-bond donors (Lipinski definition) is 1. The lowest BCUT2D eigenvalue weighted by atomic mass is 10.1. The van der Waals surface area contributed by atoms with Crippen molar-refractivity contribution in [3.8, 4) is 5.88 Å². The summed E-state index contributed by atoms with van der Waals surface area (Å²) in [5.74, 6) is -0.150. The maximum atomic E-state index is 12.8. The minimum Gasteiger partial charge on any atom is -0.479 e. The number of hydrogen-bond acceptors (Lipinski definition) is 9. The first-order valence-corrected chi connectivity index (χ1v) is 12.3. The molecule has 1 fully saturated rings. The summed E-state index contributed by atoms with van der Waals surface area (Å²) >= 11 is 13.5. The minimum atomic E-state index is -0.483. The van der Waals surface area contributed by atoms with E-state index in [2.05, 4.69) is 15.3 Å². The van der Waals surface area contributed by atoms with Crippen molar-refractivity contribution in [1.29, 1.82) is 0 Å². The molecule has 0 spiro atoms. The summed E-state index contributed by atoms with van der Waals surface area (Å²) in [5.41, 5.74) is 5.51. The monoisotopic (exact) mass is 512 g/mol. The Kier molecular flexibility index (Phi) is 8.69. The number of rotatable bonds is 7. The zero-order valence-corrected chi connectivity index (χ0v) is 21.2. The molecule has 8 nitrogen and oxygen atoms in total. The van der Waals surface area contributed by atoms with Gasteiger partial charge in [-0.2, -0.15) is 0 Å². The summed E-state index contributed by atoms with van der Waals surface area (Å²) in [4.78, 5) is 31.7. The first kappa shape index (κ1) is 25.4. The summed E-state index contributed by atoms with van der Waals surface area (Å²) in [6.07, 6.45) is 2.29. The van der Waals surface area contributed by atoms with Crippen molar-refractivity contribution < 1.29 is 19.1 Å². The number of anilines is 2. The van der Waals surface area contributed by atoms with Gasteiger partial charge in [0.2, 0.25) is 11.0 Å². The lowest BCUT2D eigenvalue weighted by Crippen LogP contribution is -2.58. The van der Waals surface area contributed by atoms with E-state index in [1.54, 1.807) is 18.4 Å². The van der Waals surface area contributed by atoms with Gasteiger partial charge in [-0.05, 0) is 36.9 Å². The van der Waals surface area contributed by atoms with E-state index >= 15 is 0 Å². The number of benzene rings is 1. The largest absolute Gasteiger partial charge is 0.479 e. The summed E-state index contributed by atoms with van der Waals surface area (Å²) < 4.78 is 10.4. The number of aryl methyl sites for hydroxylation is 1. The highest BCUT2D eigenvalue weighted by atomic mass is 35.5. The lowest BCUT2D eigenvalue weighted by molar-refractivity contribution is -0.115. The van der Waals surface area contributed by atoms with Crippen molar-refractivity contribution in [3.05, 3.63) is 45.6 Å². The SMILES string of the molecule is CCc1nc(OC)c(NN2CCN(c3cc(Cl)cc(Cl)c3)CC2C(=O)SC)cc1C(=O)OC. The number of carbonyl (C=O) groups excluding carboxylic acids is 2. The summed E-state index contributed by atoms with van der Waals surface area (Å²) in [7, 11) is 2.84. The van der Waals surface area contributed by atoms with Crippen molar-refractivity contribution in [1.82, 2.24) is 9.99 Å². The molecular weight excluding hydrogens is 487 g/mol. The van der Waals surface area contributed by atoms with Crippen LogP contribution < -0.4 is 15.1 Å². The topological polar surface area (TPSA) is 84.0 Å². The van der Waals surface area contributed by atoms with Gasteiger partial charge in [-0.3, -0.25) is 4.79 Å². The second-order valence-corrected chi connectivity index (χ2v) is 8.99. The first-order chi connectivity index (χ1) is 15.8. The van der Waals surface area contributed by atoms with Gasteiger partial charge in [0.05, 0.1) is 25.5 Å². The Balaban J connectivity index is 1.91. The zero-order valence-electron chi connectivity index (χ0n) is 18.9. The van der Waals surface area contributed by atoms with Crippen molar-refractivity contribution >= 4 is 57.4 Å². The fourth-order valence-corrected chi connectivity index (χ4v) is 4.68. The van der Waals surface area contributed by atoms with Crippen LogP contribution in [0.25, 0.3) is 0 Å². The van der Waals surface area contributed by atoms with Crippen LogP contribution in [0.5, 0.6) is 5.88 Å². The van der Waals surface area contributed by atoms with Gasteiger partial charge in [-0.15, -0.1) is 0 Å². The molecule has 178 valence electrons. The van der Waals surface area contributed by atoms with Gasteiger partial charge < -0.3 is 19.8 Å². The summed E-state index contributed by atoms with van der Waals surface area (Å²) in [6, 6.07) is 6.50. The molecule has 1 aliphatic rings. The number of thioether (sulfide) groups is 1. The number of halogens is 2.